The molecule has 0 spiro atoms. The Bertz CT molecular complexity index is 474. The number of hydrogen-bond acceptors (Lipinski definition) is 4. The van der Waals surface area contributed by atoms with Gasteiger partial charge < -0.3 is 20.9 Å². The van der Waals surface area contributed by atoms with Crippen molar-refractivity contribution in [3.63, 3.8) is 0 Å². The zero-order valence-electron chi connectivity index (χ0n) is 12.9. The van der Waals surface area contributed by atoms with Crippen molar-refractivity contribution in [2.24, 2.45) is 0 Å². The lowest BCUT2D eigenvalue weighted by molar-refractivity contribution is -0.115. The maximum absolute atomic E-state index is 11.8. The van der Waals surface area contributed by atoms with E-state index in [1.807, 2.05) is 14.1 Å². The molecule has 0 aliphatic rings. The topological polar surface area (TPSA) is 73.5 Å². The summed E-state index contributed by atoms with van der Waals surface area (Å²) in [6.45, 7) is 3.52. The summed E-state index contributed by atoms with van der Waals surface area (Å²) in [6, 6.07) is 7.07. The van der Waals surface area contributed by atoms with Crippen LogP contribution in [0.5, 0.6) is 0 Å². The van der Waals surface area contributed by atoms with E-state index in [1.165, 1.54) is 6.92 Å². The number of nitrogens with zero attached hydrogens (tertiary/aromatic N) is 1. The van der Waals surface area contributed by atoms with Gasteiger partial charge in [-0.15, -0.1) is 0 Å². The molecule has 0 unspecified atom stereocenters. The van der Waals surface area contributed by atoms with Crippen LogP contribution in [0.2, 0.25) is 0 Å². The van der Waals surface area contributed by atoms with Crippen molar-refractivity contribution in [3.05, 3.63) is 24.3 Å². The van der Waals surface area contributed by atoms with Gasteiger partial charge in [-0.05, 0) is 51.8 Å². The van der Waals surface area contributed by atoms with Crippen LogP contribution in [0.3, 0.4) is 0 Å². The molecular formula is C15H24N4O2. The average Bonchev–Trinajstić information content (AvgIpc) is 2.37. The number of rotatable bonds is 8. The molecule has 0 saturated carbocycles. The van der Waals surface area contributed by atoms with Crippen molar-refractivity contribution >= 4 is 23.2 Å². The fourth-order valence-electron chi connectivity index (χ4n) is 1.81. The first-order chi connectivity index (χ1) is 9.97. The van der Waals surface area contributed by atoms with Gasteiger partial charge in [0.1, 0.15) is 0 Å². The van der Waals surface area contributed by atoms with E-state index in [0.29, 0.717) is 11.4 Å². The Morgan fingerprint density at radius 2 is 1.81 bits per heavy atom. The molecule has 0 aliphatic heterocycles. The summed E-state index contributed by atoms with van der Waals surface area (Å²) in [5.41, 5.74) is 1.33. The van der Waals surface area contributed by atoms with Gasteiger partial charge in [-0.2, -0.15) is 0 Å². The second kappa shape index (κ2) is 9.10. The Balaban J connectivity index is 2.32. The lowest BCUT2D eigenvalue weighted by Crippen LogP contribution is -2.30. The van der Waals surface area contributed by atoms with Crippen LogP contribution in [0.1, 0.15) is 13.3 Å². The van der Waals surface area contributed by atoms with Crippen molar-refractivity contribution < 1.29 is 9.59 Å². The molecule has 0 aliphatic carbocycles. The van der Waals surface area contributed by atoms with E-state index in [2.05, 4.69) is 20.9 Å². The zero-order valence-corrected chi connectivity index (χ0v) is 12.9. The minimum atomic E-state index is -0.138. The van der Waals surface area contributed by atoms with Crippen molar-refractivity contribution in [3.8, 4) is 0 Å². The standard InChI is InChI=1S/C15H24N4O2/c1-12(20)17-13-6-4-7-14(10-13)18-15(21)11-16-8-5-9-19(2)3/h4,6-7,10,16H,5,8-9,11H2,1-3H3,(H,17,20)(H,18,21). The maximum Gasteiger partial charge on any atom is 0.238 e. The molecule has 0 fully saturated rings. The summed E-state index contributed by atoms with van der Waals surface area (Å²) < 4.78 is 0. The minimum absolute atomic E-state index is 0.0974. The molecule has 1 rings (SSSR count). The van der Waals surface area contributed by atoms with Crippen LogP contribution in [0, 0.1) is 0 Å². The summed E-state index contributed by atoms with van der Waals surface area (Å²) in [5.74, 6) is -0.235. The average molecular weight is 292 g/mol. The smallest absolute Gasteiger partial charge is 0.238 e. The number of nitrogens with one attached hydrogen (secondary N) is 3. The van der Waals surface area contributed by atoms with Crippen LogP contribution >= 0.6 is 0 Å². The molecule has 0 bridgehead atoms. The number of amides is 2. The highest BCUT2D eigenvalue weighted by atomic mass is 16.2. The lowest BCUT2D eigenvalue weighted by Gasteiger charge is -2.10. The molecule has 2 amide bonds. The molecule has 0 atom stereocenters. The normalized spacial score (nSPS) is 10.5. The molecule has 1 aromatic rings. The summed E-state index contributed by atoms with van der Waals surface area (Å²) in [5, 5.41) is 8.57. The quantitative estimate of drug-likeness (QED) is 0.628. The fraction of sp³-hybridized carbons (Fsp3) is 0.467. The molecule has 3 N–H and O–H groups in total. The van der Waals surface area contributed by atoms with Crippen LogP contribution in [-0.4, -0.2) is 50.4 Å². The Kier molecular flexibility index (Phi) is 7.42. The van der Waals surface area contributed by atoms with Crippen LogP contribution in [0.15, 0.2) is 24.3 Å². The molecule has 0 radical (unpaired) electrons. The first kappa shape index (κ1) is 17.1. The van der Waals surface area contributed by atoms with Crippen LogP contribution in [-0.2, 0) is 9.59 Å². The molecule has 0 aromatic heterocycles. The van der Waals surface area contributed by atoms with Crippen molar-refractivity contribution in [1.29, 1.82) is 0 Å². The second-order valence-electron chi connectivity index (χ2n) is 5.14. The van der Waals surface area contributed by atoms with E-state index in [4.69, 9.17) is 0 Å². The van der Waals surface area contributed by atoms with Gasteiger partial charge in [0, 0.05) is 18.3 Å². The van der Waals surface area contributed by atoms with Crippen LogP contribution in [0.4, 0.5) is 11.4 Å². The van der Waals surface area contributed by atoms with Crippen LogP contribution < -0.4 is 16.0 Å². The summed E-state index contributed by atoms with van der Waals surface area (Å²) in [7, 11) is 4.05. The molecule has 21 heavy (non-hydrogen) atoms. The minimum Gasteiger partial charge on any atom is -0.326 e. The molecular weight excluding hydrogens is 268 g/mol. The molecule has 0 saturated heterocycles. The number of hydrogen-bond donors (Lipinski definition) is 3. The van der Waals surface area contributed by atoms with Crippen molar-refractivity contribution in [2.45, 2.75) is 13.3 Å². The number of benzene rings is 1. The van der Waals surface area contributed by atoms with E-state index < -0.39 is 0 Å². The predicted molar refractivity (Wildman–Crippen MR) is 85.4 cm³/mol. The lowest BCUT2D eigenvalue weighted by atomic mass is 10.2. The third-order valence-electron chi connectivity index (χ3n) is 2.71. The predicted octanol–water partition coefficient (Wildman–Crippen LogP) is 1.12. The highest BCUT2D eigenvalue weighted by Gasteiger charge is 2.03. The summed E-state index contributed by atoms with van der Waals surface area (Å²) >= 11 is 0. The Morgan fingerprint density at radius 1 is 1.14 bits per heavy atom. The Morgan fingerprint density at radius 3 is 2.43 bits per heavy atom. The Labute approximate surface area is 125 Å². The first-order valence-electron chi connectivity index (χ1n) is 7.00. The number of carbonyl (C=O) groups is 2. The fourth-order valence-corrected chi connectivity index (χ4v) is 1.81. The third kappa shape index (κ3) is 8.06. The third-order valence-corrected chi connectivity index (χ3v) is 2.71. The second-order valence-corrected chi connectivity index (χ2v) is 5.14. The zero-order chi connectivity index (χ0) is 15.7. The van der Waals surface area contributed by atoms with Gasteiger partial charge in [-0.3, -0.25) is 9.59 Å². The molecule has 6 heteroatoms. The summed E-state index contributed by atoms with van der Waals surface area (Å²) in [6.07, 6.45) is 0.998. The van der Waals surface area contributed by atoms with Gasteiger partial charge >= 0.3 is 0 Å². The SMILES string of the molecule is CC(=O)Nc1cccc(NC(=O)CNCCCN(C)C)c1. The van der Waals surface area contributed by atoms with E-state index in [0.717, 1.165) is 19.5 Å². The van der Waals surface area contributed by atoms with Gasteiger partial charge in [0.05, 0.1) is 6.54 Å². The number of carbonyl (C=O) groups excluding carboxylic acids is 2. The van der Waals surface area contributed by atoms with Gasteiger partial charge in [0.25, 0.3) is 0 Å². The van der Waals surface area contributed by atoms with Gasteiger partial charge in [0.2, 0.25) is 11.8 Å². The van der Waals surface area contributed by atoms with Crippen molar-refractivity contribution in [1.82, 2.24) is 10.2 Å². The Hall–Kier alpha value is -1.92. The monoisotopic (exact) mass is 292 g/mol. The largest absolute Gasteiger partial charge is 0.326 e. The van der Waals surface area contributed by atoms with Gasteiger partial charge in [-0.1, -0.05) is 6.07 Å². The number of anilines is 2. The van der Waals surface area contributed by atoms with E-state index in [-0.39, 0.29) is 18.4 Å². The molecule has 6 nitrogen and oxygen atoms in total. The van der Waals surface area contributed by atoms with Crippen LogP contribution in [0.25, 0.3) is 0 Å². The van der Waals surface area contributed by atoms with Crippen molar-refractivity contribution in [2.75, 3.05) is 44.4 Å². The van der Waals surface area contributed by atoms with E-state index in [9.17, 15) is 9.59 Å². The van der Waals surface area contributed by atoms with E-state index in [1.54, 1.807) is 24.3 Å². The van der Waals surface area contributed by atoms with Gasteiger partial charge in [-0.25, -0.2) is 0 Å². The molecule has 116 valence electrons. The summed E-state index contributed by atoms with van der Waals surface area (Å²) in [4.78, 5) is 24.9. The molecule has 0 heterocycles. The maximum atomic E-state index is 11.8. The highest BCUT2D eigenvalue weighted by Crippen LogP contribution is 2.14. The van der Waals surface area contributed by atoms with Gasteiger partial charge in [0.15, 0.2) is 0 Å². The highest BCUT2D eigenvalue weighted by molar-refractivity contribution is 5.94. The first-order valence-corrected chi connectivity index (χ1v) is 7.00. The molecule has 1 aromatic carbocycles. The van der Waals surface area contributed by atoms with E-state index >= 15 is 0 Å².